The minimum absolute atomic E-state index is 0.0875. The summed E-state index contributed by atoms with van der Waals surface area (Å²) in [5.41, 5.74) is 5.32. The Balaban J connectivity index is 2.65. The number of Topliss-reactive ketones (excluding diaryl/α,β-unsaturated/α-hetero) is 1. The molecule has 0 bridgehead atoms. The van der Waals surface area contributed by atoms with Crippen LogP contribution in [0.1, 0.15) is 46.0 Å². The predicted octanol–water partition coefficient (Wildman–Crippen LogP) is 0.123. The Labute approximate surface area is 119 Å². The molecule has 0 saturated heterocycles. The van der Waals surface area contributed by atoms with Gasteiger partial charge in [-0.25, -0.2) is 0 Å². The zero-order valence-corrected chi connectivity index (χ0v) is 12.1. The van der Waals surface area contributed by atoms with Gasteiger partial charge in [0.1, 0.15) is 17.9 Å². The molecule has 1 aliphatic carbocycles. The largest absolute Gasteiger partial charge is 0.383 e. The molecule has 0 aromatic rings. The van der Waals surface area contributed by atoms with Crippen LogP contribution in [0.3, 0.4) is 0 Å². The first-order chi connectivity index (χ1) is 9.31. The fourth-order valence-electron chi connectivity index (χ4n) is 2.57. The van der Waals surface area contributed by atoms with Crippen molar-refractivity contribution in [3.63, 3.8) is 0 Å². The molecule has 6 nitrogen and oxygen atoms in total. The summed E-state index contributed by atoms with van der Waals surface area (Å²) in [5.74, 6) is -1.26. The number of carbonyl (C=O) groups excluding carboxylic acids is 3. The van der Waals surface area contributed by atoms with Crippen LogP contribution >= 0.6 is 0 Å². The summed E-state index contributed by atoms with van der Waals surface area (Å²) in [6, 6.07) is -0.881. The Morgan fingerprint density at radius 3 is 2.60 bits per heavy atom. The van der Waals surface area contributed by atoms with Crippen LogP contribution < -0.4 is 11.1 Å². The first-order valence-electron chi connectivity index (χ1n) is 7.10. The Kier molecular flexibility index (Phi) is 6.13. The standard InChI is InChI=1S/C14H24N2O4/c1-8(2)6-11(18)14(20)16-12(13(15)19)9-4-3-5-10(17)7-9/h8-9,11-12,18H,3-7H2,1-2H3,(H2,15,19)(H,16,20)/t9-,11+,12+/m1/s1. The molecule has 0 spiro atoms. The molecule has 4 N–H and O–H groups in total. The van der Waals surface area contributed by atoms with Crippen molar-refractivity contribution in [1.29, 1.82) is 0 Å². The van der Waals surface area contributed by atoms with Gasteiger partial charge in [0.25, 0.3) is 0 Å². The number of primary amides is 1. The summed E-state index contributed by atoms with van der Waals surface area (Å²) in [6.45, 7) is 3.78. The number of ketones is 1. The molecular weight excluding hydrogens is 260 g/mol. The van der Waals surface area contributed by atoms with Gasteiger partial charge in [-0.05, 0) is 31.1 Å². The highest BCUT2D eigenvalue weighted by Gasteiger charge is 2.33. The van der Waals surface area contributed by atoms with Crippen LogP contribution in [-0.4, -0.2) is 34.8 Å². The van der Waals surface area contributed by atoms with E-state index in [0.29, 0.717) is 25.7 Å². The fraction of sp³-hybridized carbons (Fsp3) is 0.786. The van der Waals surface area contributed by atoms with Crippen molar-refractivity contribution in [3.05, 3.63) is 0 Å². The van der Waals surface area contributed by atoms with Crippen molar-refractivity contribution in [2.75, 3.05) is 0 Å². The van der Waals surface area contributed by atoms with Crippen LogP contribution in [0.15, 0.2) is 0 Å². The van der Waals surface area contributed by atoms with E-state index in [1.807, 2.05) is 13.8 Å². The van der Waals surface area contributed by atoms with E-state index >= 15 is 0 Å². The van der Waals surface area contributed by atoms with Crippen molar-refractivity contribution in [1.82, 2.24) is 5.32 Å². The number of nitrogens with one attached hydrogen (secondary N) is 1. The molecule has 3 atom stereocenters. The SMILES string of the molecule is CC(C)C[C@H](O)C(=O)N[C@H](C(N)=O)[C@@H]1CCCC(=O)C1. The number of carbonyl (C=O) groups is 3. The van der Waals surface area contributed by atoms with E-state index in [2.05, 4.69) is 5.32 Å². The maximum Gasteiger partial charge on any atom is 0.249 e. The summed E-state index contributed by atoms with van der Waals surface area (Å²) in [7, 11) is 0. The molecule has 20 heavy (non-hydrogen) atoms. The number of nitrogens with two attached hydrogens (primary N) is 1. The van der Waals surface area contributed by atoms with E-state index in [4.69, 9.17) is 5.73 Å². The molecular formula is C14H24N2O4. The number of amides is 2. The molecule has 2 amide bonds. The number of hydrogen-bond donors (Lipinski definition) is 3. The Hall–Kier alpha value is -1.43. The highest BCUT2D eigenvalue weighted by atomic mass is 16.3. The maximum absolute atomic E-state index is 11.9. The first-order valence-corrected chi connectivity index (χ1v) is 7.10. The quantitative estimate of drug-likeness (QED) is 0.643. The third kappa shape index (κ3) is 4.92. The zero-order chi connectivity index (χ0) is 15.3. The van der Waals surface area contributed by atoms with Crippen molar-refractivity contribution < 1.29 is 19.5 Å². The molecule has 0 heterocycles. The second kappa shape index (κ2) is 7.38. The van der Waals surface area contributed by atoms with E-state index < -0.39 is 24.0 Å². The van der Waals surface area contributed by atoms with Gasteiger partial charge >= 0.3 is 0 Å². The fourth-order valence-corrected chi connectivity index (χ4v) is 2.57. The maximum atomic E-state index is 11.9. The van der Waals surface area contributed by atoms with Gasteiger partial charge in [0.05, 0.1) is 0 Å². The molecule has 6 heteroatoms. The normalized spacial score (nSPS) is 22.4. The van der Waals surface area contributed by atoms with E-state index in [1.54, 1.807) is 0 Å². The van der Waals surface area contributed by atoms with Crippen LogP contribution in [0, 0.1) is 11.8 Å². The Morgan fingerprint density at radius 1 is 1.45 bits per heavy atom. The van der Waals surface area contributed by atoms with Crippen molar-refractivity contribution >= 4 is 17.6 Å². The number of aliphatic hydroxyl groups excluding tert-OH is 1. The minimum Gasteiger partial charge on any atom is -0.383 e. The second-order valence-corrected chi connectivity index (χ2v) is 5.93. The lowest BCUT2D eigenvalue weighted by atomic mass is 9.82. The summed E-state index contributed by atoms with van der Waals surface area (Å²) in [4.78, 5) is 34.8. The number of hydrogen-bond acceptors (Lipinski definition) is 4. The molecule has 0 aromatic carbocycles. The van der Waals surface area contributed by atoms with Gasteiger partial charge in [-0.2, -0.15) is 0 Å². The molecule has 0 unspecified atom stereocenters. The van der Waals surface area contributed by atoms with Crippen molar-refractivity contribution in [2.45, 2.75) is 58.1 Å². The number of aliphatic hydroxyl groups is 1. The van der Waals surface area contributed by atoms with Gasteiger partial charge in [-0.15, -0.1) is 0 Å². The summed E-state index contributed by atoms with van der Waals surface area (Å²) < 4.78 is 0. The molecule has 1 fully saturated rings. The minimum atomic E-state index is -1.16. The van der Waals surface area contributed by atoms with Gasteiger partial charge in [0, 0.05) is 12.8 Å². The summed E-state index contributed by atoms with van der Waals surface area (Å²) in [5, 5.41) is 12.2. The molecule has 1 saturated carbocycles. The monoisotopic (exact) mass is 284 g/mol. The van der Waals surface area contributed by atoms with Crippen LogP contribution in [0.25, 0.3) is 0 Å². The van der Waals surface area contributed by atoms with Gasteiger partial charge in [0.15, 0.2) is 0 Å². The highest BCUT2D eigenvalue weighted by Crippen LogP contribution is 2.24. The molecule has 0 aromatic heterocycles. The predicted molar refractivity (Wildman–Crippen MR) is 73.6 cm³/mol. The lowest BCUT2D eigenvalue weighted by Crippen LogP contribution is -2.52. The Bertz CT molecular complexity index is 381. The van der Waals surface area contributed by atoms with Crippen LogP contribution in [-0.2, 0) is 14.4 Å². The molecule has 0 radical (unpaired) electrons. The Morgan fingerprint density at radius 2 is 2.10 bits per heavy atom. The third-order valence-electron chi connectivity index (χ3n) is 3.59. The molecule has 114 valence electrons. The smallest absolute Gasteiger partial charge is 0.249 e. The first kappa shape index (κ1) is 16.6. The number of rotatable bonds is 6. The zero-order valence-electron chi connectivity index (χ0n) is 12.1. The topological polar surface area (TPSA) is 109 Å². The summed E-state index contributed by atoms with van der Waals surface area (Å²) in [6.07, 6.45) is 1.33. The van der Waals surface area contributed by atoms with Crippen LogP contribution in [0.2, 0.25) is 0 Å². The average Bonchev–Trinajstić information content (AvgIpc) is 2.34. The van der Waals surface area contributed by atoms with Crippen LogP contribution in [0.4, 0.5) is 0 Å². The highest BCUT2D eigenvalue weighted by molar-refractivity contribution is 5.89. The molecule has 1 rings (SSSR count). The lowest BCUT2D eigenvalue weighted by molar-refractivity contribution is -0.135. The van der Waals surface area contributed by atoms with Gasteiger partial charge in [-0.3, -0.25) is 14.4 Å². The van der Waals surface area contributed by atoms with E-state index in [0.717, 1.165) is 0 Å². The lowest BCUT2D eigenvalue weighted by Gasteiger charge is -2.28. The van der Waals surface area contributed by atoms with Gasteiger partial charge < -0.3 is 16.2 Å². The van der Waals surface area contributed by atoms with Crippen molar-refractivity contribution in [3.8, 4) is 0 Å². The molecule has 0 aliphatic heterocycles. The molecule has 1 aliphatic rings. The van der Waals surface area contributed by atoms with Crippen LogP contribution in [0.5, 0.6) is 0 Å². The van der Waals surface area contributed by atoms with E-state index in [1.165, 1.54) is 0 Å². The second-order valence-electron chi connectivity index (χ2n) is 5.93. The van der Waals surface area contributed by atoms with Crippen molar-refractivity contribution in [2.24, 2.45) is 17.6 Å². The van der Waals surface area contributed by atoms with E-state index in [-0.39, 0.29) is 24.0 Å². The van der Waals surface area contributed by atoms with E-state index in [9.17, 15) is 19.5 Å². The van der Waals surface area contributed by atoms with Gasteiger partial charge in [0.2, 0.25) is 11.8 Å². The summed E-state index contributed by atoms with van der Waals surface area (Å²) >= 11 is 0. The third-order valence-corrected chi connectivity index (χ3v) is 3.59. The average molecular weight is 284 g/mol. The van der Waals surface area contributed by atoms with Gasteiger partial charge in [-0.1, -0.05) is 13.8 Å².